The highest BCUT2D eigenvalue weighted by Crippen LogP contribution is 2.50. The summed E-state index contributed by atoms with van der Waals surface area (Å²) >= 11 is 3.36. The molecule has 0 spiro atoms. The number of nitrogens with one attached hydrogen (secondary N) is 1. The lowest BCUT2D eigenvalue weighted by Crippen LogP contribution is -2.41. The molecule has 1 aromatic carbocycles. The number of carbonyl (C=O) groups excluding carboxylic acids is 2. The summed E-state index contributed by atoms with van der Waals surface area (Å²) in [5.41, 5.74) is 2.51. The van der Waals surface area contributed by atoms with Gasteiger partial charge in [0.25, 0.3) is 0 Å². The summed E-state index contributed by atoms with van der Waals surface area (Å²) in [4.78, 5) is 36.2. The van der Waals surface area contributed by atoms with Crippen LogP contribution in [0.15, 0.2) is 57.3 Å². The predicted octanol–water partition coefficient (Wildman–Crippen LogP) is 5.32. The normalized spacial score (nSPS) is 21.5. The molecule has 1 aliphatic heterocycles. The number of benzene rings is 1. The number of allylic oxidation sites excluding steroid dienone is 2. The van der Waals surface area contributed by atoms with Crippen molar-refractivity contribution in [3.63, 3.8) is 0 Å². The second kappa shape index (κ2) is 9.33. The molecule has 1 aliphatic carbocycles. The Morgan fingerprint density at radius 3 is 2.56 bits per heavy atom. The molecule has 2 heterocycles. The van der Waals surface area contributed by atoms with E-state index in [-0.39, 0.29) is 17.1 Å². The molecule has 1 unspecified atom stereocenters. The van der Waals surface area contributed by atoms with Crippen LogP contribution in [0.5, 0.6) is 11.5 Å². The molecule has 0 saturated heterocycles. The average molecular weight is 526 g/mol. The summed E-state index contributed by atoms with van der Waals surface area (Å²) in [5, 5.41) is 2.90. The molecular weight excluding hydrogens is 498 g/mol. The summed E-state index contributed by atoms with van der Waals surface area (Å²) in [6, 6.07) is 9.06. The van der Waals surface area contributed by atoms with Crippen LogP contribution in [0.1, 0.15) is 45.1 Å². The van der Waals surface area contributed by atoms with Crippen molar-refractivity contribution >= 4 is 39.1 Å². The molecular formula is C26H28BrN3O4. The van der Waals surface area contributed by atoms with E-state index in [2.05, 4.69) is 40.1 Å². The summed E-state index contributed by atoms with van der Waals surface area (Å²) in [6.07, 6.45) is 2.68. The van der Waals surface area contributed by atoms with E-state index in [0.717, 1.165) is 15.7 Å². The number of para-hydroxylation sites is 1. The number of pyridine rings is 1. The molecule has 0 radical (unpaired) electrons. The molecule has 2 aromatic rings. The van der Waals surface area contributed by atoms with Crippen LogP contribution in [0, 0.1) is 11.3 Å². The Morgan fingerprint density at radius 1 is 1.15 bits per heavy atom. The monoisotopic (exact) mass is 525 g/mol. The zero-order valence-corrected chi connectivity index (χ0v) is 21.5. The highest BCUT2D eigenvalue weighted by atomic mass is 79.9. The smallest absolute Gasteiger partial charge is 0.235 e. The molecule has 2 aliphatic rings. The number of Topliss-reactive ketones (excluding diaryl/α,β-unsaturated/α-hetero) is 1. The molecule has 7 nitrogen and oxygen atoms in total. The number of hydrogen-bond donors (Lipinski definition) is 1. The lowest BCUT2D eigenvalue weighted by atomic mass is 9.66. The van der Waals surface area contributed by atoms with E-state index in [1.54, 1.807) is 38.6 Å². The Bertz CT molecular complexity index is 1200. The van der Waals surface area contributed by atoms with Crippen LogP contribution in [-0.2, 0) is 9.59 Å². The van der Waals surface area contributed by atoms with Gasteiger partial charge in [-0.3, -0.25) is 14.6 Å². The third-order valence-electron chi connectivity index (χ3n) is 6.33. The Hall–Kier alpha value is -3.00. The minimum absolute atomic E-state index is 0.0111. The molecule has 178 valence electrons. The fraction of sp³-hybridized carbons (Fsp3) is 0.385. The number of anilines is 1. The van der Waals surface area contributed by atoms with E-state index in [0.29, 0.717) is 41.4 Å². The first kappa shape index (κ1) is 24.1. The summed E-state index contributed by atoms with van der Waals surface area (Å²) < 4.78 is 12.1. The van der Waals surface area contributed by atoms with Crippen molar-refractivity contribution in [3.05, 3.63) is 57.8 Å². The Morgan fingerprint density at radius 2 is 1.91 bits per heavy atom. The fourth-order valence-electron chi connectivity index (χ4n) is 4.93. The number of methoxy groups -OCH3 is 2. The second-order valence-corrected chi connectivity index (χ2v) is 10.4. The maximum absolute atomic E-state index is 13.7. The summed E-state index contributed by atoms with van der Waals surface area (Å²) in [5.74, 6) is -0.0688. The molecule has 1 aromatic heterocycles. The van der Waals surface area contributed by atoms with Gasteiger partial charge in [-0.15, -0.1) is 0 Å². The van der Waals surface area contributed by atoms with E-state index in [4.69, 9.17) is 14.5 Å². The van der Waals surface area contributed by atoms with Crippen molar-refractivity contribution in [1.29, 1.82) is 0 Å². The number of hydrogen-bond acceptors (Lipinski definition) is 6. The number of ether oxygens (including phenoxy) is 2. The minimum Gasteiger partial charge on any atom is -0.493 e. The molecule has 0 saturated carbocycles. The van der Waals surface area contributed by atoms with Crippen molar-refractivity contribution in [3.8, 4) is 11.5 Å². The van der Waals surface area contributed by atoms with Crippen molar-refractivity contribution in [2.75, 3.05) is 19.5 Å². The maximum Gasteiger partial charge on any atom is 0.235 e. The van der Waals surface area contributed by atoms with E-state index in [9.17, 15) is 9.59 Å². The largest absolute Gasteiger partial charge is 0.493 e. The van der Waals surface area contributed by atoms with Gasteiger partial charge in [-0.1, -0.05) is 26.0 Å². The molecule has 2 atom stereocenters. The number of carbonyl (C=O) groups is 2. The first-order chi connectivity index (χ1) is 16.1. The van der Waals surface area contributed by atoms with Gasteiger partial charge in [0.1, 0.15) is 5.82 Å². The number of amides is 1. The average Bonchev–Trinajstić information content (AvgIpc) is 2.78. The van der Waals surface area contributed by atoms with Crippen LogP contribution in [-0.4, -0.2) is 36.6 Å². The number of nitrogens with zero attached hydrogens (tertiary/aromatic N) is 2. The van der Waals surface area contributed by atoms with Gasteiger partial charge in [0.05, 0.1) is 20.1 Å². The molecule has 1 amide bonds. The van der Waals surface area contributed by atoms with Gasteiger partial charge in [-0.2, -0.15) is 0 Å². The van der Waals surface area contributed by atoms with E-state index in [1.165, 1.54) is 0 Å². The number of aromatic nitrogens is 1. The van der Waals surface area contributed by atoms with Crippen LogP contribution in [0.2, 0.25) is 0 Å². The predicted molar refractivity (Wildman–Crippen MR) is 135 cm³/mol. The molecule has 4 rings (SSSR count). The van der Waals surface area contributed by atoms with Crippen LogP contribution < -0.4 is 14.8 Å². The standard InChI is InChI=1S/C26H28BrN3O4/c1-14-21(25(32)30-20-10-9-15(27)13-28-20)22(16-7-6-8-19(33-4)24(16)34-5)23-17(29-14)11-26(2,3)12-18(23)31/h6-10,13,21-22H,11-12H2,1-5H3,(H,28,30,32)/t21?,22-/m0/s1. The zero-order valence-electron chi connectivity index (χ0n) is 19.9. The van der Waals surface area contributed by atoms with Crippen LogP contribution in [0.4, 0.5) is 5.82 Å². The van der Waals surface area contributed by atoms with Gasteiger partial charge >= 0.3 is 0 Å². The van der Waals surface area contributed by atoms with Crippen molar-refractivity contribution in [1.82, 2.24) is 4.98 Å². The van der Waals surface area contributed by atoms with E-state index >= 15 is 0 Å². The summed E-state index contributed by atoms with van der Waals surface area (Å²) in [6.45, 7) is 5.98. The number of halogens is 1. The van der Waals surface area contributed by atoms with Crippen LogP contribution in [0.3, 0.4) is 0 Å². The lowest BCUT2D eigenvalue weighted by Gasteiger charge is -2.39. The molecule has 34 heavy (non-hydrogen) atoms. The fourth-order valence-corrected chi connectivity index (χ4v) is 5.17. The first-order valence-corrected chi connectivity index (χ1v) is 11.9. The van der Waals surface area contributed by atoms with Crippen LogP contribution in [0.25, 0.3) is 0 Å². The molecule has 8 heteroatoms. The highest BCUT2D eigenvalue weighted by Gasteiger charge is 2.46. The zero-order chi connectivity index (χ0) is 24.6. The third-order valence-corrected chi connectivity index (χ3v) is 6.80. The maximum atomic E-state index is 13.7. The second-order valence-electron chi connectivity index (χ2n) is 9.44. The van der Waals surface area contributed by atoms with E-state index in [1.807, 2.05) is 19.1 Å². The number of aliphatic imine (C=N–C) groups is 1. The Balaban J connectivity index is 1.86. The molecule has 0 fully saturated rings. The van der Waals surface area contributed by atoms with Gasteiger partial charge in [0.2, 0.25) is 5.91 Å². The van der Waals surface area contributed by atoms with Gasteiger partial charge in [0.15, 0.2) is 17.3 Å². The molecule has 0 bridgehead atoms. The van der Waals surface area contributed by atoms with Crippen molar-refractivity contribution in [2.24, 2.45) is 16.3 Å². The van der Waals surface area contributed by atoms with Gasteiger partial charge in [-0.25, -0.2) is 4.98 Å². The van der Waals surface area contributed by atoms with Crippen molar-refractivity contribution < 1.29 is 19.1 Å². The van der Waals surface area contributed by atoms with Crippen LogP contribution >= 0.6 is 15.9 Å². The highest BCUT2D eigenvalue weighted by molar-refractivity contribution is 9.10. The van der Waals surface area contributed by atoms with Gasteiger partial charge in [0, 0.05) is 45.6 Å². The topological polar surface area (TPSA) is 89.9 Å². The SMILES string of the molecule is COc1cccc([C@@H]2C3=C(CC(C)(C)CC3=O)N=C(C)C2C(=O)Nc2ccc(Br)cn2)c1OC. The Labute approximate surface area is 207 Å². The lowest BCUT2D eigenvalue weighted by molar-refractivity contribution is -0.119. The number of ketones is 1. The molecule has 1 N–H and O–H groups in total. The first-order valence-electron chi connectivity index (χ1n) is 11.1. The van der Waals surface area contributed by atoms with Crippen molar-refractivity contribution in [2.45, 2.75) is 39.5 Å². The Kier molecular flexibility index (Phi) is 6.62. The third kappa shape index (κ3) is 4.51. The summed E-state index contributed by atoms with van der Waals surface area (Å²) in [7, 11) is 3.13. The van der Waals surface area contributed by atoms with Gasteiger partial charge in [-0.05, 0) is 52.9 Å². The van der Waals surface area contributed by atoms with Gasteiger partial charge < -0.3 is 14.8 Å². The number of rotatable bonds is 5. The van der Waals surface area contributed by atoms with E-state index < -0.39 is 11.8 Å². The minimum atomic E-state index is -0.713. The quantitative estimate of drug-likeness (QED) is 0.570.